The quantitative estimate of drug-likeness (QED) is 0.794. The van der Waals surface area contributed by atoms with Gasteiger partial charge in [0, 0.05) is 11.3 Å². The van der Waals surface area contributed by atoms with Gasteiger partial charge in [-0.15, -0.1) is 0 Å². The highest BCUT2D eigenvalue weighted by Crippen LogP contribution is 2.37. The first-order chi connectivity index (χ1) is 8.01. The Morgan fingerprint density at radius 1 is 1.35 bits per heavy atom. The highest BCUT2D eigenvalue weighted by Gasteiger charge is 2.32. The predicted octanol–water partition coefficient (Wildman–Crippen LogP) is 2.15. The molecule has 17 heavy (non-hydrogen) atoms. The average molecular weight is 258 g/mol. The fourth-order valence-corrected chi connectivity index (χ4v) is 3.23. The molecule has 1 aliphatic carbocycles. The number of carbonyl (C=O) groups is 1. The fourth-order valence-electron chi connectivity index (χ4n) is 2.32. The molecule has 0 bridgehead atoms. The van der Waals surface area contributed by atoms with E-state index in [1.54, 1.807) is 0 Å². The van der Waals surface area contributed by atoms with Crippen LogP contribution in [0, 0.1) is 5.92 Å². The molecule has 3 nitrogen and oxygen atoms in total. The maximum absolute atomic E-state index is 11.8. The normalized spacial score (nSPS) is 21.2. The molecule has 0 aromatic carbocycles. The number of carbonyl (C=O) groups excluding carboxylic acids is 1. The summed E-state index contributed by atoms with van der Waals surface area (Å²) in [7, 11) is 0. The van der Waals surface area contributed by atoms with Crippen molar-refractivity contribution in [3.05, 3.63) is 0 Å². The Balaban J connectivity index is 2.44. The minimum Gasteiger partial charge on any atom is -0.353 e. The highest BCUT2D eigenvalue weighted by atomic mass is 32.2. The van der Waals surface area contributed by atoms with Crippen LogP contribution >= 0.6 is 11.8 Å². The zero-order chi connectivity index (χ0) is 12.9. The van der Waals surface area contributed by atoms with Crippen molar-refractivity contribution in [1.29, 1.82) is 0 Å². The van der Waals surface area contributed by atoms with Gasteiger partial charge in [-0.25, -0.2) is 0 Å². The summed E-state index contributed by atoms with van der Waals surface area (Å²) in [5, 5.41) is 3.04. The van der Waals surface area contributed by atoms with Crippen LogP contribution in [0.4, 0.5) is 0 Å². The van der Waals surface area contributed by atoms with E-state index in [9.17, 15) is 4.79 Å². The molecule has 0 spiro atoms. The standard InChI is InChI=1S/C13H26N2OS/c1-10(2)11(14)12(16)15-9-13(17-3)7-5-4-6-8-13/h10-11H,4-9,14H2,1-3H3,(H,15,16)/t11-/m1/s1. The van der Waals surface area contributed by atoms with Crippen LogP contribution in [0.25, 0.3) is 0 Å². The molecule has 0 aromatic rings. The smallest absolute Gasteiger partial charge is 0.237 e. The maximum atomic E-state index is 11.8. The van der Waals surface area contributed by atoms with Gasteiger partial charge in [0.05, 0.1) is 6.04 Å². The minimum absolute atomic E-state index is 0.000927. The Labute approximate surface area is 109 Å². The first-order valence-electron chi connectivity index (χ1n) is 6.59. The number of hydrogen-bond acceptors (Lipinski definition) is 3. The van der Waals surface area contributed by atoms with Crippen LogP contribution in [0.2, 0.25) is 0 Å². The summed E-state index contributed by atoms with van der Waals surface area (Å²) in [5.41, 5.74) is 5.84. The van der Waals surface area contributed by atoms with Crippen LogP contribution in [0.3, 0.4) is 0 Å². The predicted molar refractivity (Wildman–Crippen MR) is 75.2 cm³/mol. The number of nitrogens with one attached hydrogen (secondary N) is 1. The van der Waals surface area contributed by atoms with E-state index in [-0.39, 0.29) is 22.6 Å². The number of rotatable bonds is 5. The molecule has 3 N–H and O–H groups in total. The van der Waals surface area contributed by atoms with Gasteiger partial charge in [0.25, 0.3) is 0 Å². The second-order valence-electron chi connectivity index (χ2n) is 5.44. The lowest BCUT2D eigenvalue weighted by atomic mass is 9.88. The summed E-state index contributed by atoms with van der Waals surface area (Å²) in [6.45, 7) is 4.73. The summed E-state index contributed by atoms with van der Waals surface area (Å²) in [6.07, 6.45) is 8.48. The van der Waals surface area contributed by atoms with Gasteiger partial charge in [-0.3, -0.25) is 4.79 Å². The molecule has 1 rings (SSSR count). The molecular formula is C13H26N2OS. The van der Waals surface area contributed by atoms with Crippen molar-refractivity contribution >= 4 is 17.7 Å². The molecule has 100 valence electrons. The Bertz CT molecular complexity index is 250. The van der Waals surface area contributed by atoms with Gasteiger partial charge < -0.3 is 11.1 Å². The largest absolute Gasteiger partial charge is 0.353 e. The summed E-state index contributed by atoms with van der Waals surface area (Å²) < 4.78 is 0.255. The number of nitrogens with two attached hydrogens (primary N) is 1. The van der Waals surface area contributed by atoms with Crippen LogP contribution in [0.5, 0.6) is 0 Å². The fraction of sp³-hybridized carbons (Fsp3) is 0.923. The number of thioether (sulfide) groups is 1. The van der Waals surface area contributed by atoms with Gasteiger partial charge in [-0.05, 0) is 25.0 Å². The highest BCUT2D eigenvalue weighted by molar-refractivity contribution is 8.00. The second kappa shape index (κ2) is 6.64. The zero-order valence-corrected chi connectivity index (χ0v) is 12.1. The summed E-state index contributed by atoms with van der Waals surface area (Å²) in [5.74, 6) is 0.200. The minimum atomic E-state index is -0.377. The van der Waals surface area contributed by atoms with Gasteiger partial charge in [-0.1, -0.05) is 33.1 Å². The monoisotopic (exact) mass is 258 g/mol. The van der Waals surface area contributed by atoms with Crippen LogP contribution in [0.15, 0.2) is 0 Å². The Hall–Kier alpha value is -0.220. The molecule has 1 atom stereocenters. The molecular weight excluding hydrogens is 232 g/mol. The van der Waals surface area contributed by atoms with Crippen molar-refractivity contribution in [2.24, 2.45) is 11.7 Å². The average Bonchev–Trinajstić information content (AvgIpc) is 2.36. The third-order valence-electron chi connectivity index (χ3n) is 3.80. The van der Waals surface area contributed by atoms with Gasteiger partial charge in [0.2, 0.25) is 5.91 Å². The maximum Gasteiger partial charge on any atom is 0.237 e. The number of amides is 1. The van der Waals surface area contributed by atoms with E-state index in [1.807, 2.05) is 25.6 Å². The summed E-state index contributed by atoms with van der Waals surface area (Å²) >= 11 is 1.90. The van der Waals surface area contributed by atoms with Crippen molar-refractivity contribution in [3.63, 3.8) is 0 Å². The van der Waals surface area contributed by atoms with Gasteiger partial charge in [-0.2, -0.15) is 11.8 Å². The Kier molecular flexibility index (Phi) is 5.80. The summed E-state index contributed by atoms with van der Waals surface area (Å²) in [4.78, 5) is 11.8. The molecule has 0 heterocycles. The van der Waals surface area contributed by atoms with Crippen LogP contribution in [-0.2, 0) is 4.79 Å². The summed E-state index contributed by atoms with van der Waals surface area (Å²) in [6, 6.07) is -0.377. The molecule has 0 saturated heterocycles. The van der Waals surface area contributed by atoms with Crippen molar-refractivity contribution < 1.29 is 4.79 Å². The molecule has 1 saturated carbocycles. The molecule has 0 aliphatic heterocycles. The third-order valence-corrected chi connectivity index (χ3v) is 5.22. The Morgan fingerprint density at radius 2 is 1.94 bits per heavy atom. The van der Waals surface area contributed by atoms with Crippen LogP contribution < -0.4 is 11.1 Å². The Morgan fingerprint density at radius 3 is 2.41 bits per heavy atom. The van der Waals surface area contributed by atoms with E-state index in [1.165, 1.54) is 32.1 Å². The van der Waals surface area contributed by atoms with E-state index in [0.717, 1.165) is 6.54 Å². The molecule has 1 amide bonds. The molecule has 0 unspecified atom stereocenters. The van der Waals surface area contributed by atoms with Gasteiger partial charge >= 0.3 is 0 Å². The molecule has 4 heteroatoms. The lowest BCUT2D eigenvalue weighted by molar-refractivity contribution is -0.123. The second-order valence-corrected chi connectivity index (χ2v) is 6.71. The van der Waals surface area contributed by atoms with Gasteiger partial charge in [0.1, 0.15) is 0 Å². The van der Waals surface area contributed by atoms with Crippen LogP contribution in [-0.4, -0.2) is 29.5 Å². The van der Waals surface area contributed by atoms with E-state index >= 15 is 0 Å². The van der Waals surface area contributed by atoms with Gasteiger partial charge in [0.15, 0.2) is 0 Å². The lowest BCUT2D eigenvalue weighted by Gasteiger charge is -2.36. The van der Waals surface area contributed by atoms with E-state index in [4.69, 9.17) is 5.73 Å². The lowest BCUT2D eigenvalue weighted by Crippen LogP contribution is -2.49. The SMILES string of the molecule is CSC1(CNC(=O)[C@H](N)C(C)C)CCCCC1. The molecule has 0 radical (unpaired) electrons. The third kappa shape index (κ3) is 4.18. The zero-order valence-electron chi connectivity index (χ0n) is 11.3. The van der Waals surface area contributed by atoms with E-state index in [2.05, 4.69) is 11.6 Å². The molecule has 1 aliphatic rings. The first-order valence-corrected chi connectivity index (χ1v) is 7.82. The number of hydrogen-bond donors (Lipinski definition) is 2. The van der Waals surface area contributed by atoms with Crippen molar-refractivity contribution in [2.45, 2.75) is 56.7 Å². The van der Waals surface area contributed by atoms with E-state index in [0.29, 0.717) is 0 Å². The van der Waals surface area contributed by atoms with Crippen molar-refractivity contribution in [1.82, 2.24) is 5.32 Å². The molecule has 1 fully saturated rings. The van der Waals surface area contributed by atoms with Crippen molar-refractivity contribution in [3.8, 4) is 0 Å². The topological polar surface area (TPSA) is 55.1 Å². The van der Waals surface area contributed by atoms with Crippen molar-refractivity contribution in [2.75, 3.05) is 12.8 Å². The first kappa shape index (κ1) is 14.8. The molecule has 0 aromatic heterocycles. The van der Waals surface area contributed by atoms with E-state index < -0.39 is 0 Å². The van der Waals surface area contributed by atoms with Crippen LogP contribution in [0.1, 0.15) is 46.0 Å².